The molecule has 1 unspecified atom stereocenters. The van der Waals surface area contributed by atoms with Gasteiger partial charge in [-0.2, -0.15) is 0 Å². The van der Waals surface area contributed by atoms with Gasteiger partial charge in [-0.05, 0) is 30.7 Å². The lowest BCUT2D eigenvalue weighted by Gasteiger charge is -2.08. The van der Waals surface area contributed by atoms with E-state index in [4.69, 9.17) is 11.5 Å². The highest BCUT2D eigenvalue weighted by atomic mass is 14.7. The summed E-state index contributed by atoms with van der Waals surface area (Å²) in [6.07, 6.45) is 4.31. The molecule has 4 N–H and O–H groups in total. The molecule has 0 radical (unpaired) electrons. The molecule has 0 amide bonds. The topological polar surface area (TPSA) is 64.9 Å². The Balaban J connectivity index is 2.61. The summed E-state index contributed by atoms with van der Waals surface area (Å²) in [6, 6.07) is 3.89. The summed E-state index contributed by atoms with van der Waals surface area (Å²) >= 11 is 0. The number of rotatable bonds is 3. The van der Waals surface area contributed by atoms with Gasteiger partial charge in [-0.3, -0.25) is 4.98 Å². The van der Waals surface area contributed by atoms with Crippen LogP contribution in [0.1, 0.15) is 18.0 Å². The van der Waals surface area contributed by atoms with Gasteiger partial charge in [-0.1, -0.05) is 0 Å². The lowest BCUT2D eigenvalue weighted by molar-refractivity contribution is 0.660. The van der Waals surface area contributed by atoms with Crippen LogP contribution in [-0.4, -0.2) is 11.5 Å². The van der Waals surface area contributed by atoms with Gasteiger partial charge in [0.2, 0.25) is 0 Å². The van der Waals surface area contributed by atoms with E-state index in [2.05, 4.69) is 4.98 Å². The summed E-state index contributed by atoms with van der Waals surface area (Å²) in [4.78, 5) is 3.90. The molecule has 0 fully saturated rings. The first-order valence-electron chi connectivity index (χ1n) is 3.70. The molecule has 1 atom stereocenters. The van der Waals surface area contributed by atoms with Crippen LogP contribution >= 0.6 is 0 Å². The Morgan fingerprint density at radius 3 is 2.55 bits per heavy atom. The van der Waals surface area contributed by atoms with E-state index in [1.54, 1.807) is 12.4 Å². The van der Waals surface area contributed by atoms with E-state index in [9.17, 15) is 0 Å². The highest BCUT2D eigenvalue weighted by Gasteiger charge is 2.02. The number of nitrogens with zero attached hydrogens (tertiary/aromatic N) is 1. The highest BCUT2D eigenvalue weighted by Crippen LogP contribution is 2.10. The van der Waals surface area contributed by atoms with Crippen molar-refractivity contribution in [3.63, 3.8) is 0 Å². The maximum atomic E-state index is 5.80. The van der Waals surface area contributed by atoms with Crippen molar-refractivity contribution in [3.05, 3.63) is 30.1 Å². The van der Waals surface area contributed by atoms with E-state index in [-0.39, 0.29) is 6.04 Å². The minimum Gasteiger partial charge on any atom is -0.330 e. The van der Waals surface area contributed by atoms with Crippen molar-refractivity contribution in [1.82, 2.24) is 4.98 Å². The number of pyridine rings is 1. The van der Waals surface area contributed by atoms with Crippen LogP contribution in [-0.2, 0) is 0 Å². The van der Waals surface area contributed by atoms with Gasteiger partial charge in [0.05, 0.1) is 0 Å². The smallest absolute Gasteiger partial charge is 0.0308 e. The van der Waals surface area contributed by atoms with Gasteiger partial charge in [0.15, 0.2) is 0 Å². The Kier molecular flexibility index (Phi) is 3.01. The first kappa shape index (κ1) is 8.17. The van der Waals surface area contributed by atoms with E-state index in [0.29, 0.717) is 6.54 Å². The average Bonchev–Trinajstić information content (AvgIpc) is 2.07. The first-order valence-corrected chi connectivity index (χ1v) is 3.70. The number of aromatic nitrogens is 1. The molecule has 0 aromatic carbocycles. The first-order chi connectivity index (χ1) is 5.34. The Labute approximate surface area is 66.4 Å². The van der Waals surface area contributed by atoms with E-state index >= 15 is 0 Å². The molecule has 11 heavy (non-hydrogen) atoms. The number of nitrogens with two attached hydrogens (primary N) is 2. The maximum Gasteiger partial charge on any atom is 0.0308 e. The zero-order chi connectivity index (χ0) is 8.10. The van der Waals surface area contributed by atoms with Crippen LogP contribution in [0.25, 0.3) is 0 Å². The third kappa shape index (κ3) is 2.29. The number of hydrogen-bond acceptors (Lipinski definition) is 3. The molecule has 0 spiro atoms. The van der Waals surface area contributed by atoms with Crippen LogP contribution in [0, 0.1) is 0 Å². The Bertz CT molecular complexity index is 198. The van der Waals surface area contributed by atoms with Crippen LogP contribution in [0.4, 0.5) is 0 Å². The molecule has 0 bridgehead atoms. The Morgan fingerprint density at radius 1 is 1.36 bits per heavy atom. The molecule has 60 valence electrons. The van der Waals surface area contributed by atoms with Crippen molar-refractivity contribution in [2.45, 2.75) is 12.5 Å². The molecule has 0 aliphatic heterocycles. The standard InChI is InChI=1S/C8H13N3/c9-4-1-8(10)7-2-5-11-6-3-7/h2-3,5-6,8H,1,4,9-10H2. The largest absolute Gasteiger partial charge is 0.330 e. The molecule has 0 aliphatic carbocycles. The molecule has 3 heteroatoms. The average molecular weight is 151 g/mol. The summed E-state index contributed by atoms with van der Waals surface area (Å²) in [7, 11) is 0. The molecule has 1 aromatic heterocycles. The summed E-state index contributed by atoms with van der Waals surface area (Å²) in [6.45, 7) is 0.628. The fourth-order valence-corrected chi connectivity index (χ4v) is 0.957. The van der Waals surface area contributed by atoms with Crippen LogP contribution in [0.15, 0.2) is 24.5 Å². The number of hydrogen-bond donors (Lipinski definition) is 2. The van der Waals surface area contributed by atoms with Crippen LogP contribution in [0.3, 0.4) is 0 Å². The third-order valence-corrected chi connectivity index (χ3v) is 1.61. The SMILES string of the molecule is NCCC(N)c1ccncc1. The zero-order valence-corrected chi connectivity index (χ0v) is 6.40. The summed E-state index contributed by atoms with van der Waals surface area (Å²) in [5, 5.41) is 0. The van der Waals surface area contributed by atoms with E-state index < -0.39 is 0 Å². The molecule has 1 heterocycles. The van der Waals surface area contributed by atoms with Crippen molar-refractivity contribution < 1.29 is 0 Å². The van der Waals surface area contributed by atoms with Crippen LogP contribution in [0.5, 0.6) is 0 Å². The third-order valence-electron chi connectivity index (χ3n) is 1.61. The Hall–Kier alpha value is -0.930. The molecule has 0 saturated heterocycles. The van der Waals surface area contributed by atoms with Crippen molar-refractivity contribution >= 4 is 0 Å². The van der Waals surface area contributed by atoms with Crippen LogP contribution in [0.2, 0.25) is 0 Å². The monoisotopic (exact) mass is 151 g/mol. The molecular formula is C8H13N3. The van der Waals surface area contributed by atoms with Gasteiger partial charge in [0.1, 0.15) is 0 Å². The van der Waals surface area contributed by atoms with Gasteiger partial charge < -0.3 is 11.5 Å². The second kappa shape index (κ2) is 4.05. The van der Waals surface area contributed by atoms with E-state index in [1.807, 2.05) is 12.1 Å². The minimum absolute atomic E-state index is 0.0583. The second-order valence-corrected chi connectivity index (χ2v) is 2.46. The molecular weight excluding hydrogens is 138 g/mol. The second-order valence-electron chi connectivity index (χ2n) is 2.46. The fourth-order valence-electron chi connectivity index (χ4n) is 0.957. The van der Waals surface area contributed by atoms with Crippen LogP contribution < -0.4 is 11.5 Å². The van der Waals surface area contributed by atoms with Gasteiger partial charge in [0, 0.05) is 18.4 Å². The van der Waals surface area contributed by atoms with Crippen molar-refractivity contribution in [2.75, 3.05) is 6.54 Å². The van der Waals surface area contributed by atoms with E-state index in [1.165, 1.54) is 0 Å². The Morgan fingerprint density at radius 2 is 2.00 bits per heavy atom. The predicted octanol–water partition coefficient (Wildman–Crippen LogP) is 0.430. The van der Waals surface area contributed by atoms with Gasteiger partial charge >= 0.3 is 0 Å². The van der Waals surface area contributed by atoms with Gasteiger partial charge in [-0.15, -0.1) is 0 Å². The lowest BCUT2D eigenvalue weighted by atomic mass is 10.1. The zero-order valence-electron chi connectivity index (χ0n) is 6.40. The highest BCUT2D eigenvalue weighted by molar-refractivity contribution is 5.14. The quantitative estimate of drug-likeness (QED) is 0.658. The van der Waals surface area contributed by atoms with Crippen molar-refractivity contribution in [1.29, 1.82) is 0 Å². The van der Waals surface area contributed by atoms with Crippen molar-refractivity contribution in [2.24, 2.45) is 11.5 Å². The summed E-state index contributed by atoms with van der Waals surface area (Å²) < 4.78 is 0. The molecule has 1 rings (SSSR count). The van der Waals surface area contributed by atoms with Gasteiger partial charge in [0.25, 0.3) is 0 Å². The fraction of sp³-hybridized carbons (Fsp3) is 0.375. The molecule has 3 nitrogen and oxygen atoms in total. The molecule has 0 aliphatic rings. The van der Waals surface area contributed by atoms with E-state index in [0.717, 1.165) is 12.0 Å². The molecule has 0 saturated carbocycles. The minimum atomic E-state index is 0.0583. The summed E-state index contributed by atoms with van der Waals surface area (Å²) in [5.41, 5.74) is 12.3. The summed E-state index contributed by atoms with van der Waals surface area (Å²) in [5.74, 6) is 0. The molecule has 1 aromatic rings. The predicted molar refractivity (Wildman–Crippen MR) is 44.8 cm³/mol. The normalized spacial score (nSPS) is 12.9. The van der Waals surface area contributed by atoms with Gasteiger partial charge in [-0.25, -0.2) is 0 Å². The van der Waals surface area contributed by atoms with Crippen molar-refractivity contribution in [3.8, 4) is 0 Å². The maximum absolute atomic E-state index is 5.80. The lowest BCUT2D eigenvalue weighted by Crippen LogP contribution is -2.15.